The van der Waals surface area contributed by atoms with E-state index in [9.17, 15) is 0 Å². The normalized spacial score (nSPS) is 10.9. The van der Waals surface area contributed by atoms with Gasteiger partial charge in [-0.1, -0.05) is 34.7 Å². The molecule has 5 aromatic rings. The van der Waals surface area contributed by atoms with E-state index in [-0.39, 0.29) is 0 Å². The van der Waals surface area contributed by atoms with Crippen molar-refractivity contribution in [1.29, 1.82) is 0 Å². The summed E-state index contributed by atoms with van der Waals surface area (Å²) in [5.41, 5.74) is 5.37. The highest BCUT2D eigenvalue weighted by atomic mass is 15.4. The average Bonchev–Trinajstić information content (AvgIpc) is 3.46. The van der Waals surface area contributed by atoms with Crippen LogP contribution < -0.4 is 0 Å². The minimum absolute atomic E-state index is 0.795. The van der Waals surface area contributed by atoms with Gasteiger partial charge in [0.15, 0.2) is 0 Å². The van der Waals surface area contributed by atoms with Crippen LogP contribution in [0, 0.1) is 0 Å². The molecule has 8 heteroatoms. The Balaban J connectivity index is 1.40. The second-order valence-electron chi connectivity index (χ2n) is 6.08. The summed E-state index contributed by atoms with van der Waals surface area (Å²) in [6.07, 6.45) is 10.7. The lowest BCUT2D eigenvalue weighted by atomic mass is 10.1. The van der Waals surface area contributed by atoms with Gasteiger partial charge >= 0.3 is 0 Å². The van der Waals surface area contributed by atoms with Crippen molar-refractivity contribution in [2.75, 3.05) is 0 Å². The Morgan fingerprint density at radius 2 is 0.893 bits per heavy atom. The second kappa shape index (κ2) is 6.84. The predicted molar refractivity (Wildman–Crippen MR) is 103 cm³/mol. The van der Waals surface area contributed by atoms with E-state index in [1.807, 2.05) is 60.9 Å². The summed E-state index contributed by atoms with van der Waals surface area (Å²) in [6.45, 7) is 0. The first-order valence-corrected chi connectivity index (χ1v) is 8.63. The monoisotopic (exact) mass is 366 g/mol. The molecule has 4 heterocycles. The van der Waals surface area contributed by atoms with Gasteiger partial charge in [0.2, 0.25) is 0 Å². The van der Waals surface area contributed by atoms with Crippen LogP contribution in [0.3, 0.4) is 0 Å². The van der Waals surface area contributed by atoms with Gasteiger partial charge in [-0.05, 0) is 24.3 Å². The van der Waals surface area contributed by atoms with Crippen molar-refractivity contribution in [2.45, 2.75) is 0 Å². The van der Waals surface area contributed by atoms with Gasteiger partial charge in [0.1, 0.15) is 11.4 Å². The molecule has 0 spiro atoms. The molecule has 0 saturated heterocycles. The number of hydrogen-bond donors (Lipinski definition) is 0. The van der Waals surface area contributed by atoms with E-state index >= 15 is 0 Å². The molecule has 5 rings (SSSR count). The van der Waals surface area contributed by atoms with Crippen LogP contribution in [0.25, 0.3) is 33.9 Å². The molecule has 0 amide bonds. The molecule has 4 aromatic heterocycles. The maximum absolute atomic E-state index is 4.26. The van der Waals surface area contributed by atoms with E-state index in [1.165, 1.54) is 0 Å². The number of hydrogen-bond acceptors (Lipinski definition) is 6. The third kappa shape index (κ3) is 3.03. The smallest absolute Gasteiger partial charge is 0.113 e. The van der Waals surface area contributed by atoms with Crippen molar-refractivity contribution < 1.29 is 0 Å². The molecule has 0 N–H and O–H groups in total. The zero-order valence-corrected chi connectivity index (χ0v) is 14.7. The molecule has 0 aliphatic rings. The molecule has 0 unspecified atom stereocenters. The number of aromatic nitrogens is 8. The summed E-state index contributed by atoms with van der Waals surface area (Å²) in [5.74, 6) is 0. The van der Waals surface area contributed by atoms with Crippen molar-refractivity contribution in [3.63, 3.8) is 0 Å². The van der Waals surface area contributed by atoms with E-state index in [0.717, 1.165) is 33.9 Å². The predicted octanol–water partition coefficient (Wildman–Crippen LogP) is 2.97. The Labute approximate surface area is 160 Å². The highest BCUT2D eigenvalue weighted by Gasteiger charge is 2.08. The van der Waals surface area contributed by atoms with Crippen LogP contribution in [0.4, 0.5) is 0 Å². The summed E-state index contributed by atoms with van der Waals surface area (Å²) in [5, 5.41) is 16.9. The molecule has 0 fully saturated rings. The Bertz CT molecular complexity index is 1100. The molecule has 0 atom stereocenters. The maximum atomic E-state index is 4.26. The van der Waals surface area contributed by atoms with Gasteiger partial charge in [-0.3, -0.25) is 9.97 Å². The third-order valence-electron chi connectivity index (χ3n) is 4.32. The van der Waals surface area contributed by atoms with Crippen molar-refractivity contribution in [3.8, 4) is 33.9 Å². The maximum Gasteiger partial charge on any atom is 0.113 e. The lowest BCUT2D eigenvalue weighted by Crippen LogP contribution is -1.94. The van der Waals surface area contributed by atoms with Gasteiger partial charge in [-0.25, -0.2) is 9.36 Å². The van der Waals surface area contributed by atoms with Gasteiger partial charge < -0.3 is 0 Å². The summed E-state index contributed by atoms with van der Waals surface area (Å²) in [7, 11) is 0. The fourth-order valence-corrected chi connectivity index (χ4v) is 2.85. The van der Waals surface area contributed by atoms with Gasteiger partial charge in [0.25, 0.3) is 0 Å². The minimum Gasteiger partial charge on any atom is -0.265 e. The standard InChI is InChI=1S/C20H14N8/c1-2-16(20-14-28(26-24-20)18-7-11-22-12-8-18)4-3-15(1)19-13-27(25-23-19)17-5-9-21-10-6-17/h1-14H. The van der Waals surface area contributed by atoms with Crippen molar-refractivity contribution >= 4 is 0 Å². The quantitative estimate of drug-likeness (QED) is 0.486. The molecule has 8 nitrogen and oxygen atoms in total. The molecule has 1 aromatic carbocycles. The lowest BCUT2D eigenvalue weighted by molar-refractivity contribution is 0.802. The lowest BCUT2D eigenvalue weighted by Gasteiger charge is -2.00. The first-order valence-electron chi connectivity index (χ1n) is 8.63. The molecular weight excluding hydrogens is 352 g/mol. The largest absolute Gasteiger partial charge is 0.265 e. The van der Waals surface area contributed by atoms with Crippen LogP contribution in [0.5, 0.6) is 0 Å². The summed E-state index contributed by atoms with van der Waals surface area (Å²) >= 11 is 0. The first-order chi connectivity index (χ1) is 13.9. The Hall–Kier alpha value is -4.20. The number of rotatable bonds is 4. The zero-order chi connectivity index (χ0) is 18.8. The topological polar surface area (TPSA) is 87.2 Å². The van der Waals surface area contributed by atoms with Crippen LogP contribution in [-0.4, -0.2) is 40.0 Å². The molecule has 0 aliphatic heterocycles. The van der Waals surface area contributed by atoms with Crippen LogP contribution in [0.15, 0.2) is 85.7 Å². The molecule has 0 bridgehead atoms. The van der Waals surface area contributed by atoms with E-state index in [2.05, 4.69) is 30.6 Å². The molecule has 0 aliphatic carbocycles. The number of pyridine rings is 2. The van der Waals surface area contributed by atoms with Gasteiger partial charge in [0.05, 0.1) is 23.8 Å². The van der Waals surface area contributed by atoms with E-state index < -0.39 is 0 Å². The van der Waals surface area contributed by atoms with Crippen LogP contribution >= 0.6 is 0 Å². The Morgan fingerprint density at radius 1 is 0.500 bits per heavy atom. The van der Waals surface area contributed by atoms with E-state index in [0.29, 0.717) is 0 Å². The molecule has 0 radical (unpaired) electrons. The summed E-state index contributed by atoms with van der Waals surface area (Å²) in [4.78, 5) is 8.04. The number of benzene rings is 1. The van der Waals surface area contributed by atoms with Gasteiger partial charge in [0, 0.05) is 35.9 Å². The van der Waals surface area contributed by atoms with Crippen LogP contribution in [0.2, 0.25) is 0 Å². The molecule has 134 valence electrons. The SMILES string of the molecule is c1cc(-n2cc(-c3ccc(-c4cn(-c5ccncc5)nn4)cc3)nn2)ccn1. The highest BCUT2D eigenvalue weighted by molar-refractivity contribution is 5.66. The molecule has 0 saturated carbocycles. The zero-order valence-electron chi connectivity index (χ0n) is 14.7. The highest BCUT2D eigenvalue weighted by Crippen LogP contribution is 2.23. The number of nitrogens with zero attached hydrogens (tertiary/aromatic N) is 8. The van der Waals surface area contributed by atoms with Crippen molar-refractivity contribution in [2.24, 2.45) is 0 Å². The minimum atomic E-state index is 0.795. The Morgan fingerprint density at radius 3 is 1.29 bits per heavy atom. The van der Waals surface area contributed by atoms with Gasteiger partial charge in [-0.2, -0.15) is 0 Å². The fraction of sp³-hybridized carbons (Fsp3) is 0. The summed E-state index contributed by atoms with van der Waals surface area (Å²) in [6, 6.07) is 15.5. The van der Waals surface area contributed by atoms with E-state index in [1.54, 1.807) is 34.2 Å². The Kier molecular flexibility index (Phi) is 3.91. The van der Waals surface area contributed by atoms with Crippen molar-refractivity contribution in [1.82, 2.24) is 40.0 Å². The van der Waals surface area contributed by atoms with Crippen LogP contribution in [0.1, 0.15) is 0 Å². The van der Waals surface area contributed by atoms with Gasteiger partial charge in [-0.15, -0.1) is 10.2 Å². The average molecular weight is 366 g/mol. The fourth-order valence-electron chi connectivity index (χ4n) is 2.85. The molecule has 28 heavy (non-hydrogen) atoms. The van der Waals surface area contributed by atoms with Crippen LogP contribution in [-0.2, 0) is 0 Å². The first kappa shape index (κ1) is 16.0. The van der Waals surface area contributed by atoms with E-state index in [4.69, 9.17) is 0 Å². The second-order valence-corrected chi connectivity index (χ2v) is 6.08. The molecular formula is C20H14N8. The van der Waals surface area contributed by atoms with Crippen molar-refractivity contribution in [3.05, 3.63) is 85.7 Å². The summed E-state index contributed by atoms with van der Waals surface area (Å²) < 4.78 is 3.45. The third-order valence-corrected chi connectivity index (χ3v) is 4.32.